The van der Waals surface area contributed by atoms with Crippen LogP contribution in [0.15, 0.2) is 69.3 Å². The van der Waals surface area contributed by atoms with Crippen molar-refractivity contribution in [1.82, 2.24) is 4.90 Å². The third kappa shape index (κ3) is 5.23. The molecule has 1 aliphatic rings. The van der Waals surface area contributed by atoms with Crippen LogP contribution >= 0.6 is 11.8 Å². The van der Waals surface area contributed by atoms with E-state index in [0.29, 0.717) is 17.1 Å². The Morgan fingerprint density at radius 3 is 2.39 bits per heavy atom. The van der Waals surface area contributed by atoms with Gasteiger partial charge in [0.1, 0.15) is 0 Å². The van der Waals surface area contributed by atoms with E-state index in [1.807, 2.05) is 0 Å². The fraction of sp³-hybridized carbons (Fsp3) is 0.143. The molecular weight excluding hydrogens is 470 g/mol. The Morgan fingerprint density at radius 1 is 1.15 bits per heavy atom. The molecule has 0 atom stereocenters. The summed E-state index contributed by atoms with van der Waals surface area (Å²) in [5, 5.41) is 10.8. The summed E-state index contributed by atoms with van der Waals surface area (Å²) in [7, 11) is -1.23. The highest BCUT2D eigenvalue weighted by atomic mass is 32.2. The summed E-state index contributed by atoms with van der Waals surface area (Å²) in [5.41, 5.74) is 0.391. The molecule has 2 aromatic rings. The molecule has 172 valence electrons. The van der Waals surface area contributed by atoms with Gasteiger partial charge < -0.3 is 9.47 Å². The van der Waals surface area contributed by atoms with Gasteiger partial charge in [0.2, 0.25) is 0 Å². The number of thioether (sulfide) groups is 1. The number of hydrogen-bond donors (Lipinski definition) is 0. The van der Waals surface area contributed by atoms with Crippen LogP contribution in [0.5, 0.6) is 11.5 Å². The average molecular weight is 490 g/mol. The Balaban J connectivity index is 1.97. The van der Waals surface area contributed by atoms with Crippen LogP contribution in [0.3, 0.4) is 0 Å². The maximum Gasteiger partial charge on any atom is 0.284 e. The van der Waals surface area contributed by atoms with Crippen molar-refractivity contribution in [1.29, 1.82) is 0 Å². The van der Waals surface area contributed by atoms with Gasteiger partial charge in [-0.15, -0.1) is 11.0 Å². The number of carbonyl (C=O) groups excluding carboxylic acids is 1. The van der Waals surface area contributed by atoms with Gasteiger partial charge in [0.05, 0.1) is 28.9 Å². The van der Waals surface area contributed by atoms with Crippen molar-refractivity contribution in [2.75, 3.05) is 20.8 Å². The monoisotopic (exact) mass is 489 g/mol. The molecule has 0 spiro atoms. The fourth-order valence-corrected chi connectivity index (χ4v) is 5.05. The summed E-state index contributed by atoms with van der Waals surface area (Å²) in [6.45, 7) is 3.65. The number of carbonyl (C=O) groups is 1. The number of nitrogens with zero attached hydrogens (tertiary/aromatic N) is 3. The third-order valence-electron chi connectivity index (χ3n) is 4.45. The largest absolute Gasteiger partial charge is 0.493 e. The zero-order chi connectivity index (χ0) is 24.2. The molecule has 12 heteroatoms. The number of nitro benzene ring substituents is 1. The quantitative estimate of drug-likeness (QED) is 0.239. The van der Waals surface area contributed by atoms with E-state index in [0.717, 1.165) is 36.0 Å². The Labute approximate surface area is 194 Å². The summed E-state index contributed by atoms with van der Waals surface area (Å²) < 4.78 is 39.8. The summed E-state index contributed by atoms with van der Waals surface area (Å²) in [5.74, 6) is 0.557. The van der Waals surface area contributed by atoms with Crippen LogP contribution in [0.2, 0.25) is 0 Å². The topological polar surface area (TPSA) is 128 Å². The molecule has 3 rings (SSSR count). The molecule has 33 heavy (non-hydrogen) atoms. The van der Waals surface area contributed by atoms with Gasteiger partial charge in [-0.3, -0.25) is 19.8 Å². The summed E-state index contributed by atoms with van der Waals surface area (Å²) in [6, 6.07) is 9.43. The van der Waals surface area contributed by atoms with Crippen molar-refractivity contribution in [3.63, 3.8) is 0 Å². The maximum absolute atomic E-state index is 12.9. The average Bonchev–Trinajstić information content (AvgIpc) is 3.07. The number of amidine groups is 1. The van der Waals surface area contributed by atoms with E-state index in [4.69, 9.17) is 9.47 Å². The number of non-ortho nitro benzene ring substituents is 1. The number of methoxy groups -OCH3 is 2. The second kappa shape index (κ2) is 9.88. The highest BCUT2D eigenvalue weighted by molar-refractivity contribution is 8.19. The second-order valence-electron chi connectivity index (χ2n) is 6.53. The van der Waals surface area contributed by atoms with E-state index in [2.05, 4.69) is 11.0 Å². The van der Waals surface area contributed by atoms with Gasteiger partial charge >= 0.3 is 0 Å². The Bertz CT molecular complexity index is 1270. The minimum absolute atomic E-state index is 0.0454. The number of ether oxygens (including phenoxy) is 2. The van der Waals surface area contributed by atoms with Gasteiger partial charge in [-0.25, -0.2) is 0 Å². The molecule has 1 aliphatic heterocycles. The van der Waals surface area contributed by atoms with E-state index < -0.39 is 20.9 Å². The highest BCUT2D eigenvalue weighted by Crippen LogP contribution is 2.35. The summed E-state index contributed by atoms with van der Waals surface area (Å²) in [4.78, 5) is 24.3. The lowest BCUT2D eigenvalue weighted by Crippen LogP contribution is -2.29. The molecular formula is C21H19N3O7S2. The Morgan fingerprint density at radius 2 is 1.82 bits per heavy atom. The molecule has 10 nitrogen and oxygen atoms in total. The summed E-state index contributed by atoms with van der Waals surface area (Å²) in [6.07, 6.45) is 3.04. The molecule has 0 bridgehead atoms. The molecule has 0 saturated carbocycles. The number of sulfonamides is 1. The highest BCUT2D eigenvalue weighted by Gasteiger charge is 2.34. The number of nitro groups is 1. The molecule has 1 fully saturated rings. The lowest BCUT2D eigenvalue weighted by molar-refractivity contribution is -0.384. The first-order valence-corrected chi connectivity index (χ1v) is 11.6. The standard InChI is InChI=1S/C21H19N3O7S2/c1-4-11-23-20(25)19(13-14-5-10-17(30-2)18(12-14)31-3)32-21(23)22-33(28,29)16-8-6-15(7-9-16)24(26)27/h4-10,12-13H,1,11H2,2-3H3. The fourth-order valence-electron chi connectivity index (χ4n) is 2.86. The second-order valence-corrected chi connectivity index (χ2v) is 9.14. The smallest absolute Gasteiger partial charge is 0.284 e. The molecule has 0 radical (unpaired) electrons. The first-order valence-electron chi connectivity index (χ1n) is 9.34. The normalized spacial score (nSPS) is 16.3. The zero-order valence-electron chi connectivity index (χ0n) is 17.6. The number of hydrogen-bond acceptors (Lipinski definition) is 8. The molecule has 0 aromatic heterocycles. The Hall–Kier alpha value is -3.64. The minimum atomic E-state index is -4.22. The predicted octanol–water partition coefficient (Wildman–Crippen LogP) is 3.46. The van der Waals surface area contributed by atoms with Crippen molar-refractivity contribution in [2.24, 2.45) is 4.40 Å². The van der Waals surface area contributed by atoms with Gasteiger partial charge in [-0.05, 0) is 47.7 Å². The van der Waals surface area contributed by atoms with E-state index in [-0.39, 0.29) is 27.2 Å². The first-order chi connectivity index (χ1) is 15.7. The van der Waals surface area contributed by atoms with Crippen LogP contribution in [0, 0.1) is 10.1 Å². The van der Waals surface area contributed by atoms with Crippen LogP contribution in [-0.4, -0.2) is 50.1 Å². The van der Waals surface area contributed by atoms with Crippen molar-refractivity contribution in [3.05, 3.63) is 75.7 Å². The molecule has 1 amide bonds. The van der Waals surface area contributed by atoms with Crippen molar-refractivity contribution >= 4 is 44.6 Å². The lowest BCUT2D eigenvalue weighted by atomic mass is 10.2. The molecule has 1 heterocycles. The molecule has 1 saturated heterocycles. The van der Waals surface area contributed by atoms with Crippen molar-refractivity contribution in [3.8, 4) is 11.5 Å². The lowest BCUT2D eigenvalue weighted by Gasteiger charge is -2.12. The van der Waals surface area contributed by atoms with Gasteiger partial charge in [0.15, 0.2) is 16.7 Å². The van der Waals surface area contributed by atoms with E-state index >= 15 is 0 Å². The van der Waals surface area contributed by atoms with Crippen molar-refractivity contribution < 1.29 is 27.6 Å². The van der Waals surface area contributed by atoms with Gasteiger partial charge in [-0.2, -0.15) is 8.42 Å². The Kier molecular flexibility index (Phi) is 7.19. The van der Waals surface area contributed by atoms with Gasteiger partial charge in [0, 0.05) is 18.7 Å². The van der Waals surface area contributed by atoms with Crippen LogP contribution in [0.25, 0.3) is 6.08 Å². The maximum atomic E-state index is 12.9. The first kappa shape index (κ1) is 24.0. The minimum Gasteiger partial charge on any atom is -0.493 e. The van der Waals surface area contributed by atoms with Crippen LogP contribution in [0.4, 0.5) is 5.69 Å². The van der Waals surface area contributed by atoms with Crippen LogP contribution in [0.1, 0.15) is 5.56 Å². The van der Waals surface area contributed by atoms with E-state index in [9.17, 15) is 23.3 Å². The van der Waals surface area contributed by atoms with Gasteiger partial charge in [-0.1, -0.05) is 12.1 Å². The molecule has 0 N–H and O–H groups in total. The van der Waals surface area contributed by atoms with E-state index in [1.165, 1.54) is 25.2 Å². The predicted molar refractivity (Wildman–Crippen MR) is 125 cm³/mol. The molecule has 0 unspecified atom stereocenters. The van der Waals surface area contributed by atoms with E-state index in [1.54, 1.807) is 24.3 Å². The summed E-state index contributed by atoms with van der Waals surface area (Å²) >= 11 is 0.895. The number of amides is 1. The zero-order valence-corrected chi connectivity index (χ0v) is 19.3. The SMILES string of the molecule is C=CCN1C(=O)C(=Cc2ccc(OC)c(OC)c2)SC1=NS(=O)(=O)c1ccc([N+](=O)[O-])cc1. The van der Waals surface area contributed by atoms with Gasteiger partial charge in [0.25, 0.3) is 21.6 Å². The van der Waals surface area contributed by atoms with Crippen molar-refractivity contribution in [2.45, 2.75) is 4.90 Å². The third-order valence-corrected chi connectivity index (χ3v) is 6.85. The number of rotatable bonds is 8. The van der Waals surface area contributed by atoms with Crippen LogP contribution in [-0.2, 0) is 14.8 Å². The van der Waals surface area contributed by atoms with Crippen LogP contribution < -0.4 is 9.47 Å². The number of benzene rings is 2. The molecule has 2 aromatic carbocycles. The molecule has 0 aliphatic carbocycles.